The highest BCUT2D eigenvalue weighted by Crippen LogP contribution is 2.06. The first-order valence-corrected chi connectivity index (χ1v) is 7.13. The fraction of sp³-hybridized carbons (Fsp3) is 0.444. The molecule has 0 bridgehead atoms. The summed E-state index contributed by atoms with van der Waals surface area (Å²) in [5.74, 6) is 11.9. The Morgan fingerprint density at radius 3 is 2.74 bits per heavy atom. The summed E-state index contributed by atoms with van der Waals surface area (Å²) in [6.45, 7) is 2.25. The standard InChI is InChI=1S/C18H22O/c1-2-3-4-5-6-7-8-9-10-11-12-13-15-18-16-14-17-19-18/h9-10,14,16-17H,2-8H2,1H3. The Balaban J connectivity index is 2.04. The Labute approximate surface area is 117 Å². The zero-order chi connectivity index (χ0) is 13.6. The second-order valence-electron chi connectivity index (χ2n) is 4.46. The van der Waals surface area contributed by atoms with E-state index >= 15 is 0 Å². The molecule has 1 rings (SSSR count). The third kappa shape index (κ3) is 8.81. The molecule has 1 heterocycles. The van der Waals surface area contributed by atoms with Gasteiger partial charge in [-0.3, -0.25) is 0 Å². The molecule has 0 amide bonds. The molecule has 1 nitrogen and oxygen atoms in total. The molecule has 0 N–H and O–H groups in total. The van der Waals surface area contributed by atoms with Crippen LogP contribution in [0.15, 0.2) is 35.0 Å². The van der Waals surface area contributed by atoms with Crippen LogP contribution in [-0.4, -0.2) is 0 Å². The van der Waals surface area contributed by atoms with Gasteiger partial charge < -0.3 is 4.42 Å². The van der Waals surface area contributed by atoms with Crippen molar-refractivity contribution in [1.82, 2.24) is 0 Å². The van der Waals surface area contributed by atoms with E-state index in [1.807, 2.05) is 18.2 Å². The Morgan fingerprint density at radius 1 is 1.11 bits per heavy atom. The Kier molecular flexibility index (Phi) is 8.99. The molecule has 0 saturated carbocycles. The van der Waals surface area contributed by atoms with Gasteiger partial charge in [0.15, 0.2) is 5.76 Å². The van der Waals surface area contributed by atoms with Gasteiger partial charge in [-0.25, -0.2) is 0 Å². The highest BCUT2D eigenvalue weighted by atomic mass is 16.3. The molecule has 0 unspecified atom stereocenters. The maximum Gasteiger partial charge on any atom is 0.177 e. The predicted molar refractivity (Wildman–Crippen MR) is 80.5 cm³/mol. The largest absolute Gasteiger partial charge is 0.456 e. The number of hydrogen-bond acceptors (Lipinski definition) is 1. The molecule has 0 saturated heterocycles. The molecule has 0 aliphatic heterocycles. The lowest BCUT2D eigenvalue weighted by Crippen LogP contribution is -1.77. The Bertz CT molecular complexity index is 457. The molecule has 0 fully saturated rings. The van der Waals surface area contributed by atoms with Crippen molar-refractivity contribution in [2.24, 2.45) is 0 Å². The summed E-state index contributed by atoms with van der Waals surface area (Å²) >= 11 is 0. The average molecular weight is 254 g/mol. The van der Waals surface area contributed by atoms with E-state index in [-0.39, 0.29) is 0 Å². The summed E-state index contributed by atoms with van der Waals surface area (Å²) in [7, 11) is 0. The van der Waals surface area contributed by atoms with E-state index in [0.717, 1.165) is 6.42 Å². The van der Waals surface area contributed by atoms with E-state index in [2.05, 4.69) is 36.7 Å². The molecule has 0 aromatic carbocycles. The van der Waals surface area contributed by atoms with Crippen LogP contribution < -0.4 is 0 Å². The minimum absolute atomic E-state index is 0.658. The molecule has 0 aliphatic carbocycles. The molecule has 19 heavy (non-hydrogen) atoms. The van der Waals surface area contributed by atoms with Gasteiger partial charge in [-0.15, -0.1) is 0 Å². The minimum atomic E-state index is 0.658. The first-order valence-electron chi connectivity index (χ1n) is 7.13. The lowest BCUT2D eigenvalue weighted by atomic mass is 10.1. The van der Waals surface area contributed by atoms with Crippen LogP contribution in [-0.2, 0) is 0 Å². The monoisotopic (exact) mass is 254 g/mol. The molecule has 1 aromatic rings. The minimum Gasteiger partial charge on any atom is -0.456 e. The quantitative estimate of drug-likeness (QED) is 0.496. The van der Waals surface area contributed by atoms with Crippen LogP contribution in [0.4, 0.5) is 0 Å². The summed E-state index contributed by atoms with van der Waals surface area (Å²) in [6.07, 6.45) is 14.8. The third-order valence-electron chi connectivity index (χ3n) is 2.77. The van der Waals surface area contributed by atoms with Gasteiger partial charge in [0.1, 0.15) is 0 Å². The molecule has 0 spiro atoms. The Hall–Kier alpha value is -1.86. The summed E-state index contributed by atoms with van der Waals surface area (Å²) in [4.78, 5) is 0. The molecular weight excluding hydrogens is 232 g/mol. The van der Waals surface area contributed by atoms with E-state index in [1.165, 1.54) is 38.5 Å². The normalized spacial score (nSPS) is 9.74. The van der Waals surface area contributed by atoms with Crippen LogP contribution in [0.2, 0.25) is 0 Å². The van der Waals surface area contributed by atoms with Gasteiger partial charge in [-0.1, -0.05) is 51.0 Å². The van der Waals surface area contributed by atoms with E-state index < -0.39 is 0 Å². The lowest BCUT2D eigenvalue weighted by Gasteiger charge is -1.96. The van der Waals surface area contributed by atoms with E-state index in [0.29, 0.717) is 5.76 Å². The van der Waals surface area contributed by atoms with Crippen molar-refractivity contribution in [3.8, 4) is 23.7 Å². The van der Waals surface area contributed by atoms with E-state index in [1.54, 1.807) is 6.26 Å². The predicted octanol–water partition coefficient (Wildman–Crippen LogP) is 4.94. The molecule has 0 atom stereocenters. The van der Waals surface area contributed by atoms with Crippen molar-refractivity contribution in [1.29, 1.82) is 0 Å². The van der Waals surface area contributed by atoms with Crippen molar-refractivity contribution in [2.75, 3.05) is 0 Å². The number of unbranched alkanes of at least 4 members (excludes halogenated alkanes) is 6. The zero-order valence-corrected chi connectivity index (χ0v) is 11.7. The van der Waals surface area contributed by atoms with Crippen molar-refractivity contribution in [3.63, 3.8) is 0 Å². The zero-order valence-electron chi connectivity index (χ0n) is 11.7. The van der Waals surface area contributed by atoms with Crippen LogP contribution in [0.5, 0.6) is 0 Å². The van der Waals surface area contributed by atoms with Crippen LogP contribution >= 0.6 is 0 Å². The van der Waals surface area contributed by atoms with E-state index in [4.69, 9.17) is 4.42 Å². The van der Waals surface area contributed by atoms with Crippen molar-refractivity contribution in [2.45, 2.75) is 51.9 Å². The van der Waals surface area contributed by atoms with Gasteiger partial charge >= 0.3 is 0 Å². The van der Waals surface area contributed by atoms with Gasteiger partial charge in [0.2, 0.25) is 0 Å². The van der Waals surface area contributed by atoms with Gasteiger partial charge in [-0.2, -0.15) is 0 Å². The smallest absolute Gasteiger partial charge is 0.177 e. The van der Waals surface area contributed by atoms with Crippen molar-refractivity contribution >= 4 is 0 Å². The van der Waals surface area contributed by atoms with Crippen molar-refractivity contribution < 1.29 is 4.42 Å². The number of furan rings is 1. The highest BCUT2D eigenvalue weighted by Gasteiger charge is 1.87. The summed E-state index contributed by atoms with van der Waals surface area (Å²) in [5.41, 5.74) is 0. The van der Waals surface area contributed by atoms with Crippen molar-refractivity contribution in [3.05, 3.63) is 36.3 Å². The molecular formula is C18H22O. The van der Waals surface area contributed by atoms with Gasteiger partial charge in [0.25, 0.3) is 0 Å². The fourth-order valence-electron chi connectivity index (χ4n) is 1.71. The van der Waals surface area contributed by atoms with Crippen LogP contribution in [0.3, 0.4) is 0 Å². The summed E-state index contributed by atoms with van der Waals surface area (Å²) < 4.78 is 5.07. The second kappa shape index (κ2) is 11.2. The molecule has 0 radical (unpaired) electrons. The number of allylic oxidation sites excluding steroid dienone is 2. The first kappa shape index (κ1) is 15.2. The number of rotatable bonds is 7. The maximum atomic E-state index is 5.07. The molecule has 1 heteroatoms. The summed E-state index contributed by atoms with van der Waals surface area (Å²) in [6, 6.07) is 3.64. The lowest BCUT2D eigenvalue weighted by molar-refractivity contribution is 0.554. The summed E-state index contributed by atoms with van der Waals surface area (Å²) in [5, 5.41) is 0. The number of hydrogen-bond donors (Lipinski definition) is 0. The molecule has 100 valence electrons. The van der Waals surface area contributed by atoms with Crippen LogP contribution in [0, 0.1) is 23.7 Å². The second-order valence-corrected chi connectivity index (χ2v) is 4.46. The average Bonchev–Trinajstić information content (AvgIpc) is 2.93. The first-order chi connectivity index (χ1) is 9.43. The topological polar surface area (TPSA) is 13.1 Å². The molecule has 1 aromatic heterocycles. The van der Waals surface area contributed by atoms with Gasteiger partial charge in [0, 0.05) is 0 Å². The fourth-order valence-corrected chi connectivity index (χ4v) is 1.71. The SMILES string of the molecule is CCCCCCCCC=CC#CC#Cc1ccco1. The maximum absolute atomic E-state index is 5.07. The Morgan fingerprint density at radius 2 is 1.95 bits per heavy atom. The van der Waals surface area contributed by atoms with Crippen LogP contribution in [0.25, 0.3) is 0 Å². The van der Waals surface area contributed by atoms with E-state index in [9.17, 15) is 0 Å². The van der Waals surface area contributed by atoms with Gasteiger partial charge in [0.05, 0.1) is 6.26 Å². The van der Waals surface area contributed by atoms with Crippen LogP contribution in [0.1, 0.15) is 57.6 Å². The van der Waals surface area contributed by atoms with Gasteiger partial charge in [-0.05, 0) is 48.8 Å². The highest BCUT2D eigenvalue weighted by molar-refractivity contribution is 5.36. The molecule has 0 aliphatic rings. The third-order valence-corrected chi connectivity index (χ3v) is 2.77.